The maximum absolute atomic E-state index is 11.4. The van der Waals surface area contributed by atoms with E-state index in [1.54, 1.807) is 6.92 Å². The van der Waals surface area contributed by atoms with Gasteiger partial charge in [-0.05, 0) is 19.8 Å². The number of carbonyl (C=O) groups excluding carboxylic acids is 1. The Morgan fingerprint density at radius 3 is 2.08 bits per heavy atom. The van der Waals surface area contributed by atoms with E-state index < -0.39 is 0 Å². The van der Waals surface area contributed by atoms with Crippen LogP contribution in [0.1, 0.15) is 27.7 Å². The Labute approximate surface area is 85.1 Å². The second-order valence-electron chi connectivity index (χ2n) is 3.67. The molecule has 0 spiro atoms. The van der Waals surface area contributed by atoms with Crippen molar-refractivity contribution in [3.8, 4) is 0 Å². The van der Waals surface area contributed by atoms with E-state index in [1.807, 2.05) is 6.92 Å². The summed E-state index contributed by atoms with van der Waals surface area (Å²) in [7, 11) is 0. The van der Waals surface area contributed by atoms with Crippen molar-refractivity contribution >= 4 is 23.1 Å². The fourth-order valence-corrected chi connectivity index (χ4v) is 0.752. The third-order valence-corrected chi connectivity index (χ3v) is 2.54. The highest BCUT2D eigenvalue weighted by Crippen LogP contribution is 2.02. The van der Waals surface area contributed by atoms with Crippen molar-refractivity contribution in [1.82, 2.24) is 5.32 Å². The molecule has 2 unspecified atom stereocenters. The van der Waals surface area contributed by atoms with Gasteiger partial charge in [-0.25, -0.2) is 0 Å². The largest absolute Gasteiger partial charge is 0.393 e. The molecule has 3 N–H and O–H groups in total. The Bertz CT molecular complexity index is 204. The van der Waals surface area contributed by atoms with Crippen LogP contribution in [0.2, 0.25) is 0 Å². The first-order chi connectivity index (χ1) is 5.86. The van der Waals surface area contributed by atoms with Crippen molar-refractivity contribution in [2.75, 3.05) is 0 Å². The fourth-order valence-electron chi connectivity index (χ4n) is 0.645. The first-order valence-corrected chi connectivity index (χ1v) is 4.86. The topological polar surface area (TPSA) is 55.1 Å². The van der Waals surface area contributed by atoms with Gasteiger partial charge in [0.1, 0.15) is 0 Å². The SMILES string of the molecule is CC(C(=O)NC(C)C(C)C)C(N)=S. The van der Waals surface area contributed by atoms with Gasteiger partial charge in [0.2, 0.25) is 5.91 Å². The van der Waals surface area contributed by atoms with Crippen LogP contribution in [0.3, 0.4) is 0 Å². The third-order valence-electron chi connectivity index (χ3n) is 2.19. The molecule has 2 atom stereocenters. The lowest BCUT2D eigenvalue weighted by atomic mass is 10.1. The Morgan fingerprint density at radius 1 is 1.31 bits per heavy atom. The van der Waals surface area contributed by atoms with E-state index in [2.05, 4.69) is 19.2 Å². The van der Waals surface area contributed by atoms with Crippen molar-refractivity contribution in [1.29, 1.82) is 0 Å². The first-order valence-electron chi connectivity index (χ1n) is 4.46. The van der Waals surface area contributed by atoms with Gasteiger partial charge in [-0.2, -0.15) is 0 Å². The molecule has 0 rings (SSSR count). The maximum atomic E-state index is 11.4. The van der Waals surface area contributed by atoms with Crippen molar-refractivity contribution in [2.24, 2.45) is 17.6 Å². The number of amides is 1. The molecule has 0 aliphatic heterocycles. The number of hydrogen-bond acceptors (Lipinski definition) is 2. The monoisotopic (exact) mass is 202 g/mol. The van der Waals surface area contributed by atoms with Gasteiger partial charge in [0.05, 0.1) is 10.9 Å². The van der Waals surface area contributed by atoms with Gasteiger partial charge < -0.3 is 11.1 Å². The molecule has 1 amide bonds. The summed E-state index contributed by atoms with van der Waals surface area (Å²) in [5.74, 6) is -0.0487. The minimum absolute atomic E-state index is 0.0892. The number of nitrogens with two attached hydrogens (primary N) is 1. The molecule has 0 heterocycles. The van der Waals surface area contributed by atoms with Crippen LogP contribution < -0.4 is 11.1 Å². The van der Waals surface area contributed by atoms with E-state index in [0.29, 0.717) is 5.92 Å². The smallest absolute Gasteiger partial charge is 0.229 e. The zero-order chi connectivity index (χ0) is 10.6. The average molecular weight is 202 g/mol. The summed E-state index contributed by atoms with van der Waals surface area (Å²) >= 11 is 4.73. The molecular weight excluding hydrogens is 184 g/mol. The fraction of sp³-hybridized carbons (Fsp3) is 0.778. The van der Waals surface area contributed by atoms with Gasteiger partial charge in [-0.1, -0.05) is 26.1 Å². The summed E-state index contributed by atoms with van der Waals surface area (Å²) in [5.41, 5.74) is 5.36. The second-order valence-corrected chi connectivity index (χ2v) is 4.14. The highest BCUT2D eigenvalue weighted by atomic mass is 32.1. The van der Waals surface area contributed by atoms with Crippen LogP contribution in [0.15, 0.2) is 0 Å². The van der Waals surface area contributed by atoms with Crippen LogP contribution >= 0.6 is 12.2 Å². The summed E-state index contributed by atoms with van der Waals surface area (Å²) in [6, 6.07) is 0.157. The zero-order valence-electron chi connectivity index (χ0n) is 8.63. The lowest BCUT2D eigenvalue weighted by molar-refractivity contribution is -0.123. The van der Waals surface area contributed by atoms with Crippen LogP contribution in [0.5, 0.6) is 0 Å². The molecule has 0 bridgehead atoms. The van der Waals surface area contributed by atoms with Gasteiger partial charge in [0.25, 0.3) is 0 Å². The molecular formula is C9H18N2OS. The van der Waals surface area contributed by atoms with E-state index in [4.69, 9.17) is 18.0 Å². The summed E-state index contributed by atoms with van der Waals surface area (Å²) in [6.45, 7) is 7.78. The Hall–Kier alpha value is -0.640. The number of nitrogens with one attached hydrogen (secondary N) is 1. The Morgan fingerprint density at radius 2 is 1.77 bits per heavy atom. The van der Waals surface area contributed by atoms with E-state index in [-0.39, 0.29) is 22.9 Å². The minimum Gasteiger partial charge on any atom is -0.393 e. The van der Waals surface area contributed by atoms with Crippen LogP contribution in [-0.4, -0.2) is 16.9 Å². The van der Waals surface area contributed by atoms with Gasteiger partial charge in [0, 0.05) is 6.04 Å². The summed E-state index contributed by atoms with van der Waals surface area (Å²) < 4.78 is 0. The lowest BCUT2D eigenvalue weighted by Crippen LogP contribution is -2.42. The van der Waals surface area contributed by atoms with Crippen LogP contribution in [0.25, 0.3) is 0 Å². The quantitative estimate of drug-likeness (QED) is 0.670. The highest BCUT2D eigenvalue weighted by Gasteiger charge is 2.18. The molecule has 0 radical (unpaired) electrons. The van der Waals surface area contributed by atoms with Gasteiger partial charge in [-0.3, -0.25) is 4.79 Å². The van der Waals surface area contributed by atoms with E-state index in [9.17, 15) is 4.79 Å². The van der Waals surface area contributed by atoms with Crippen LogP contribution in [-0.2, 0) is 4.79 Å². The third kappa shape index (κ3) is 4.22. The number of thiocarbonyl (C=S) groups is 1. The minimum atomic E-state index is -0.379. The van der Waals surface area contributed by atoms with E-state index in [1.165, 1.54) is 0 Å². The number of hydrogen-bond donors (Lipinski definition) is 2. The average Bonchev–Trinajstić information content (AvgIpc) is 2.02. The lowest BCUT2D eigenvalue weighted by Gasteiger charge is -2.19. The van der Waals surface area contributed by atoms with Crippen LogP contribution in [0, 0.1) is 11.8 Å². The van der Waals surface area contributed by atoms with Crippen molar-refractivity contribution in [3.05, 3.63) is 0 Å². The van der Waals surface area contributed by atoms with Gasteiger partial charge >= 0.3 is 0 Å². The van der Waals surface area contributed by atoms with Crippen molar-refractivity contribution < 1.29 is 4.79 Å². The van der Waals surface area contributed by atoms with E-state index in [0.717, 1.165) is 0 Å². The highest BCUT2D eigenvalue weighted by molar-refractivity contribution is 7.80. The summed E-state index contributed by atoms with van der Waals surface area (Å²) in [6.07, 6.45) is 0. The predicted molar refractivity (Wildman–Crippen MR) is 58.4 cm³/mol. The van der Waals surface area contributed by atoms with Gasteiger partial charge in [0.15, 0.2) is 0 Å². The first kappa shape index (κ1) is 12.4. The molecule has 0 saturated heterocycles. The second kappa shape index (κ2) is 5.17. The number of rotatable bonds is 4. The molecule has 0 aromatic rings. The molecule has 76 valence electrons. The molecule has 0 aliphatic rings. The zero-order valence-corrected chi connectivity index (χ0v) is 9.44. The Kier molecular flexibility index (Phi) is 4.91. The molecule has 0 aromatic carbocycles. The molecule has 13 heavy (non-hydrogen) atoms. The molecule has 4 heteroatoms. The Balaban J connectivity index is 4.08. The van der Waals surface area contributed by atoms with Crippen molar-refractivity contribution in [2.45, 2.75) is 33.7 Å². The summed E-state index contributed by atoms with van der Waals surface area (Å²) in [5, 5.41) is 2.85. The molecule has 0 aromatic heterocycles. The maximum Gasteiger partial charge on any atom is 0.229 e. The molecule has 3 nitrogen and oxygen atoms in total. The standard InChI is InChI=1S/C9H18N2OS/c1-5(2)7(4)11-9(12)6(3)8(10)13/h5-7H,1-4H3,(H2,10,13)(H,11,12). The molecule has 0 aliphatic carbocycles. The molecule has 0 saturated carbocycles. The number of carbonyl (C=O) groups is 1. The normalized spacial score (nSPS) is 15.2. The van der Waals surface area contributed by atoms with E-state index >= 15 is 0 Å². The predicted octanol–water partition coefficient (Wildman–Crippen LogP) is 1.07. The van der Waals surface area contributed by atoms with Crippen molar-refractivity contribution in [3.63, 3.8) is 0 Å². The summed E-state index contributed by atoms with van der Waals surface area (Å²) in [4.78, 5) is 11.7. The van der Waals surface area contributed by atoms with Gasteiger partial charge in [-0.15, -0.1) is 0 Å². The molecule has 0 fully saturated rings. The van der Waals surface area contributed by atoms with Crippen LogP contribution in [0.4, 0.5) is 0 Å².